The Hall–Kier alpha value is -0.470. The maximum Gasteiger partial charge on any atom is -0.00359 e. The van der Waals surface area contributed by atoms with Crippen LogP contribution in [0.2, 0.25) is 0 Å². The summed E-state index contributed by atoms with van der Waals surface area (Å²) in [5, 5.41) is 0. The van der Waals surface area contributed by atoms with E-state index in [1.807, 2.05) is 0 Å². The molecule has 2 rings (SSSR count). The minimum Gasteiger partial charge on any atom is -0.330 e. The predicted molar refractivity (Wildman–Crippen MR) is 73.0 cm³/mol. The molecule has 1 aliphatic rings. The molecule has 1 aromatic carbocycles. The number of rotatable bonds is 4. The van der Waals surface area contributed by atoms with E-state index in [1.54, 1.807) is 0 Å². The van der Waals surface area contributed by atoms with Crippen molar-refractivity contribution in [1.29, 1.82) is 0 Å². The zero-order chi connectivity index (χ0) is 11.2. The first-order valence-electron chi connectivity index (χ1n) is 6.24. The van der Waals surface area contributed by atoms with E-state index in [2.05, 4.69) is 36.0 Å². The van der Waals surface area contributed by atoms with Crippen molar-refractivity contribution in [1.82, 2.24) is 0 Å². The maximum atomic E-state index is 5.66. The quantitative estimate of drug-likeness (QED) is 0.868. The normalized spacial score (nSPS) is 20.9. The Labute approximate surface area is 103 Å². The van der Waals surface area contributed by atoms with Gasteiger partial charge in [0.05, 0.1) is 0 Å². The number of thioether (sulfide) groups is 1. The maximum absolute atomic E-state index is 5.66. The van der Waals surface area contributed by atoms with Crippen LogP contribution in [0.1, 0.15) is 24.0 Å². The van der Waals surface area contributed by atoms with Gasteiger partial charge in [-0.15, -0.1) is 0 Å². The fourth-order valence-corrected chi connectivity index (χ4v) is 3.59. The highest BCUT2D eigenvalue weighted by molar-refractivity contribution is 7.99. The van der Waals surface area contributed by atoms with E-state index < -0.39 is 0 Å². The lowest BCUT2D eigenvalue weighted by Crippen LogP contribution is -2.15. The van der Waals surface area contributed by atoms with E-state index in [-0.39, 0.29) is 0 Å². The Morgan fingerprint density at radius 3 is 2.75 bits per heavy atom. The zero-order valence-corrected chi connectivity index (χ0v) is 10.6. The van der Waals surface area contributed by atoms with Crippen molar-refractivity contribution < 1.29 is 0 Å². The molecule has 0 spiro atoms. The predicted octanol–water partition coefficient (Wildman–Crippen LogP) is 2.87. The fourth-order valence-electron chi connectivity index (χ4n) is 2.44. The van der Waals surface area contributed by atoms with E-state index in [1.165, 1.54) is 41.9 Å². The summed E-state index contributed by atoms with van der Waals surface area (Å²) in [7, 11) is 0. The highest BCUT2D eigenvalue weighted by atomic mass is 32.2. The van der Waals surface area contributed by atoms with Gasteiger partial charge in [-0.05, 0) is 60.8 Å². The van der Waals surface area contributed by atoms with Crippen molar-refractivity contribution in [3.05, 3.63) is 35.4 Å². The third-order valence-electron chi connectivity index (χ3n) is 3.30. The molecule has 0 saturated carbocycles. The molecule has 0 aromatic heterocycles. The SMILES string of the molecule is NCCc1ccccc1CC1CCCSC1. The summed E-state index contributed by atoms with van der Waals surface area (Å²) in [6, 6.07) is 8.80. The molecule has 0 radical (unpaired) electrons. The fraction of sp³-hybridized carbons (Fsp3) is 0.571. The van der Waals surface area contributed by atoms with Crippen LogP contribution in [0.3, 0.4) is 0 Å². The summed E-state index contributed by atoms with van der Waals surface area (Å²) < 4.78 is 0. The summed E-state index contributed by atoms with van der Waals surface area (Å²) >= 11 is 2.12. The lowest BCUT2D eigenvalue weighted by Gasteiger charge is -2.22. The third-order valence-corrected chi connectivity index (χ3v) is 4.58. The van der Waals surface area contributed by atoms with Gasteiger partial charge in [-0.3, -0.25) is 0 Å². The van der Waals surface area contributed by atoms with Gasteiger partial charge in [0, 0.05) is 0 Å². The van der Waals surface area contributed by atoms with Gasteiger partial charge in [0.2, 0.25) is 0 Å². The molecule has 0 aliphatic carbocycles. The molecule has 0 amide bonds. The summed E-state index contributed by atoms with van der Waals surface area (Å²) in [6.07, 6.45) is 5.08. The Morgan fingerprint density at radius 2 is 2.06 bits per heavy atom. The third kappa shape index (κ3) is 3.26. The summed E-state index contributed by atoms with van der Waals surface area (Å²) in [6.45, 7) is 0.760. The van der Waals surface area contributed by atoms with E-state index in [4.69, 9.17) is 5.73 Å². The first-order chi connectivity index (χ1) is 7.90. The van der Waals surface area contributed by atoms with Crippen molar-refractivity contribution in [2.45, 2.75) is 25.7 Å². The smallest absolute Gasteiger partial charge is 0.00359 e. The minimum absolute atomic E-state index is 0.760. The van der Waals surface area contributed by atoms with Crippen LogP contribution in [0.15, 0.2) is 24.3 Å². The van der Waals surface area contributed by atoms with Crippen LogP contribution >= 0.6 is 11.8 Å². The second-order valence-corrected chi connectivity index (χ2v) is 5.74. The summed E-state index contributed by atoms with van der Waals surface area (Å²) in [5.74, 6) is 3.59. The molecule has 2 heteroatoms. The standard InChI is InChI=1S/C14H21NS/c15-8-7-13-5-1-2-6-14(13)10-12-4-3-9-16-11-12/h1-2,5-6,12H,3-4,7-11,15H2. The topological polar surface area (TPSA) is 26.0 Å². The molecular formula is C14H21NS. The molecule has 1 saturated heterocycles. The van der Waals surface area contributed by atoms with Gasteiger partial charge < -0.3 is 5.73 Å². The largest absolute Gasteiger partial charge is 0.330 e. The Morgan fingerprint density at radius 1 is 1.25 bits per heavy atom. The first-order valence-corrected chi connectivity index (χ1v) is 7.40. The number of hydrogen-bond donors (Lipinski definition) is 1. The first kappa shape index (κ1) is 12.0. The van der Waals surface area contributed by atoms with Gasteiger partial charge in [0.15, 0.2) is 0 Å². The van der Waals surface area contributed by atoms with Crippen LogP contribution in [0.4, 0.5) is 0 Å². The lowest BCUT2D eigenvalue weighted by molar-refractivity contribution is 0.519. The molecule has 1 heterocycles. The summed E-state index contributed by atoms with van der Waals surface area (Å²) in [5.41, 5.74) is 8.65. The van der Waals surface area contributed by atoms with Gasteiger partial charge >= 0.3 is 0 Å². The molecule has 1 nitrogen and oxygen atoms in total. The number of nitrogens with two attached hydrogens (primary N) is 1. The monoisotopic (exact) mass is 235 g/mol. The van der Waals surface area contributed by atoms with Crippen LogP contribution in [0, 0.1) is 5.92 Å². The van der Waals surface area contributed by atoms with Gasteiger partial charge in [-0.1, -0.05) is 24.3 Å². The van der Waals surface area contributed by atoms with Crippen molar-refractivity contribution in [3.8, 4) is 0 Å². The summed E-state index contributed by atoms with van der Waals surface area (Å²) in [4.78, 5) is 0. The average molecular weight is 235 g/mol. The molecule has 0 bridgehead atoms. The van der Waals surface area contributed by atoms with Crippen LogP contribution in [-0.2, 0) is 12.8 Å². The van der Waals surface area contributed by atoms with Crippen LogP contribution in [-0.4, -0.2) is 18.1 Å². The van der Waals surface area contributed by atoms with Crippen molar-refractivity contribution in [2.24, 2.45) is 11.7 Å². The second-order valence-electron chi connectivity index (χ2n) is 4.59. The highest BCUT2D eigenvalue weighted by Crippen LogP contribution is 2.26. The van der Waals surface area contributed by atoms with Gasteiger partial charge in [-0.2, -0.15) is 11.8 Å². The van der Waals surface area contributed by atoms with Crippen LogP contribution in [0.5, 0.6) is 0 Å². The molecular weight excluding hydrogens is 214 g/mol. The van der Waals surface area contributed by atoms with E-state index >= 15 is 0 Å². The average Bonchev–Trinajstić information content (AvgIpc) is 2.33. The molecule has 2 N–H and O–H groups in total. The minimum atomic E-state index is 0.760. The molecule has 1 fully saturated rings. The Bertz CT molecular complexity index is 318. The van der Waals surface area contributed by atoms with Crippen molar-refractivity contribution >= 4 is 11.8 Å². The van der Waals surface area contributed by atoms with E-state index in [9.17, 15) is 0 Å². The van der Waals surface area contributed by atoms with Crippen LogP contribution < -0.4 is 5.73 Å². The Kier molecular flexibility index (Phi) is 4.73. The molecule has 1 aromatic rings. The molecule has 88 valence electrons. The number of hydrogen-bond acceptors (Lipinski definition) is 2. The Balaban J connectivity index is 2.01. The van der Waals surface area contributed by atoms with E-state index in [0.717, 1.165) is 18.9 Å². The van der Waals surface area contributed by atoms with Crippen molar-refractivity contribution in [3.63, 3.8) is 0 Å². The molecule has 1 unspecified atom stereocenters. The van der Waals surface area contributed by atoms with Gasteiger partial charge in [0.1, 0.15) is 0 Å². The second kappa shape index (κ2) is 6.31. The lowest BCUT2D eigenvalue weighted by atomic mass is 9.92. The molecule has 16 heavy (non-hydrogen) atoms. The molecule has 1 atom stereocenters. The molecule has 1 aliphatic heterocycles. The van der Waals surface area contributed by atoms with E-state index in [0.29, 0.717) is 0 Å². The van der Waals surface area contributed by atoms with Gasteiger partial charge in [-0.25, -0.2) is 0 Å². The zero-order valence-electron chi connectivity index (χ0n) is 9.82. The highest BCUT2D eigenvalue weighted by Gasteiger charge is 2.15. The number of benzene rings is 1. The van der Waals surface area contributed by atoms with Crippen molar-refractivity contribution in [2.75, 3.05) is 18.1 Å². The van der Waals surface area contributed by atoms with Crippen LogP contribution in [0.25, 0.3) is 0 Å². The van der Waals surface area contributed by atoms with Gasteiger partial charge in [0.25, 0.3) is 0 Å².